The number of carboxylic acid groups (broad SMARTS) is 6. The van der Waals surface area contributed by atoms with Crippen LogP contribution in [0.25, 0.3) is 45.6 Å². The molecule has 6 aromatic heterocycles. The van der Waals surface area contributed by atoms with Crippen LogP contribution in [0.5, 0.6) is 0 Å². The van der Waals surface area contributed by atoms with E-state index in [0.717, 1.165) is 45.6 Å². The van der Waals surface area contributed by atoms with Gasteiger partial charge in [0.25, 0.3) is 0 Å². The summed E-state index contributed by atoms with van der Waals surface area (Å²) in [6.45, 7) is 0. The van der Waals surface area contributed by atoms with Crippen LogP contribution in [0.2, 0.25) is 60.3 Å². The fourth-order valence-electron chi connectivity index (χ4n) is 7.53. The number of carbonyl (C=O) groups excluding carboxylic acids is 6. The van der Waals surface area contributed by atoms with Crippen molar-refractivity contribution in [1.82, 2.24) is 29.9 Å². The van der Waals surface area contributed by atoms with Crippen LogP contribution >= 0.6 is 139 Å². The minimum Gasteiger partial charge on any atom is -0.545 e. The molecule has 0 saturated heterocycles. The van der Waals surface area contributed by atoms with Gasteiger partial charge in [-0.2, -0.15) is 0 Å². The Morgan fingerprint density at radius 1 is 0.202 bits per heavy atom. The summed E-state index contributed by atoms with van der Waals surface area (Å²) in [6, 6.07) is 59.0. The third kappa shape index (κ3) is 34.0. The van der Waals surface area contributed by atoms with Crippen LogP contribution in [-0.2, 0) is 0 Å². The van der Waals surface area contributed by atoms with E-state index in [2.05, 4.69) is 29.9 Å². The zero-order valence-corrected chi connectivity index (χ0v) is 68.7. The molecule has 0 spiro atoms. The minimum atomic E-state index is -1.28. The number of benzene rings is 6. The average Bonchev–Trinajstić information content (AvgIpc) is 0.842. The Hall–Kier alpha value is -7.09. The van der Waals surface area contributed by atoms with Gasteiger partial charge in [0.2, 0.25) is 0 Å². The van der Waals surface area contributed by atoms with Gasteiger partial charge in [-0.1, -0.05) is 176 Å². The molecule has 18 nitrogen and oxygen atoms in total. The molecule has 0 unspecified atom stereocenters. The predicted octanol–water partition coefficient (Wildman–Crippen LogP) is 14.6. The summed E-state index contributed by atoms with van der Waals surface area (Å²) in [5.41, 5.74) is 6.85. The molecule has 0 amide bonds. The van der Waals surface area contributed by atoms with E-state index in [-0.39, 0.29) is 165 Å². The van der Waals surface area contributed by atoms with E-state index in [1.807, 2.05) is 109 Å². The van der Waals surface area contributed by atoms with Crippen LogP contribution in [0.1, 0.15) is 62.1 Å². The zero-order valence-electron chi connectivity index (χ0n) is 52.4. The first kappa shape index (κ1) is 91.1. The third-order valence-electron chi connectivity index (χ3n) is 11.8. The van der Waals surface area contributed by atoms with E-state index >= 15 is 0 Å². The van der Waals surface area contributed by atoms with Crippen molar-refractivity contribution in [1.29, 1.82) is 0 Å². The van der Waals surface area contributed by atoms with Crippen molar-refractivity contribution in [3.63, 3.8) is 0 Å². The Bertz CT molecular complexity index is 4040. The maximum Gasteiger partial charge on any atom is 3.00 e. The summed E-state index contributed by atoms with van der Waals surface area (Å²) in [5, 5.41) is 65.1. The quantitative estimate of drug-likeness (QED) is 0.123. The van der Waals surface area contributed by atoms with E-state index in [9.17, 15) is 59.4 Å². The van der Waals surface area contributed by atoms with Crippen molar-refractivity contribution in [2.75, 3.05) is 0 Å². The van der Waals surface area contributed by atoms with Gasteiger partial charge in [-0.15, -0.1) is 0 Å². The number of hydrogen-bond acceptors (Lipinski definition) is 18. The van der Waals surface area contributed by atoms with Gasteiger partial charge in [0.05, 0.1) is 81.4 Å². The van der Waals surface area contributed by atoms with Crippen molar-refractivity contribution in [2.24, 2.45) is 0 Å². The van der Waals surface area contributed by atoms with Gasteiger partial charge in [0.15, 0.2) is 0 Å². The molecule has 0 radical (unpaired) electrons. The zero-order chi connectivity index (χ0) is 75.0. The molecule has 6 aromatic carbocycles. The molecule has 32 heteroatoms. The number of nitrogens with zero attached hydrogens (tertiary/aromatic N) is 6. The Balaban J connectivity index is 0.000000311. The number of pyridine rings is 6. The normalized spacial score (nSPS) is 9.65. The Labute approximate surface area is 709 Å². The molecule has 6 heterocycles. The predicted molar refractivity (Wildman–Crippen MR) is 386 cm³/mol. The maximum absolute atomic E-state index is 10.3. The maximum atomic E-state index is 10.3. The molecular weight excluding hydrogens is 1840 g/mol. The molecule has 0 aliphatic heterocycles. The number of aromatic carboxylic acids is 6. The number of hydrogen-bond donors (Lipinski definition) is 0. The molecule has 12 rings (SSSR count). The second-order valence-electron chi connectivity index (χ2n) is 19.3. The average molecular weight is 1880 g/mol. The Kier molecular flexibility index (Phi) is 41.6. The molecule has 0 fully saturated rings. The van der Waals surface area contributed by atoms with E-state index in [1.54, 1.807) is 24.8 Å². The van der Waals surface area contributed by atoms with Gasteiger partial charge < -0.3 is 59.4 Å². The summed E-state index contributed by atoms with van der Waals surface area (Å²) >= 11 is 66.2. The van der Waals surface area contributed by atoms with Gasteiger partial charge in [-0.25, -0.2) is 9.97 Å². The van der Waals surface area contributed by atoms with Gasteiger partial charge in [0.1, 0.15) is 0 Å². The second kappa shape index (κ2) is 47.5. The standard InChI is InChI=1S/2C15H11N3.6C7H4Cl2O2.2La/c2*1-3-10-16-12(6-1)14-8-5-9-15(18-14)13-7-2-4-11-17-13;6*8-5-1-4(7(10)11)2-6(9)3-5;;/h2*1-11H;6*1-3H,(H,10,11);;/q;;;;;;;;2*+3/p-6. The van der Waals surface area contributed by atoms with Gasteiger partial charge in [-0.05, 0) is 182 Å². The van der Waals surface area contributed by atoms with Crippen LogP contribution in [0.15, 0.2) is 243 Å². The molecule has 0 atom stereocenters. The summed E-state index contributed by atoms with van der Waals surface area (Å²) in [7, 11) is 0. The first-order chi connectivity index (χ1) is 48.4. The van der Waals surface area contributed by atoms with E-state index < -0.39 is 35.8 Å². The van der Waals surface area contributed by atoms with Crippen LogP contribution in [0, 0.1) is 71.2 Å². The van der Waals surface area contributed by atoms with E-state index in [1.165, 1.54) is 109 Å². The SMILES string of the molecule is O=C([O-])c1cc(Cl)cc(Cl)c1.O=C([O-])c1cc(Cl)cc(Cl)c1.O=C([O-])c1cc(Cl)cc(Cl)c1.O=C([O-])c1cc(Cl)cc(Cl)c1.O=C([O-])c1cc(Cl)cc(Cl)c1.O=C([O-])c1cc(Cl)cc(Cl)c1.[La+3].[La+3].c1ccc(-c2cccc(-c3ccccn3)n2)nc1.c1ccc(-c2cccc(-c3ccccn3)n2)nc1. The molecule has 0 bridgehead atoms. The number of halogens is 12. The smallest absolute Gasteiger partial charge is 0.545 e. The van der Waals surface area contributed by atoms with Crippen LogP contribution in [0.4, 0.5) is 0 Å². The molecule has 0 saturated carbocycles. The number of carbonyl (C=O) groups is 6. The number of carboxylic acids is 6. The minimum absolute atomic E-state index is 0. The molecule has 104 heavy (non-hydrogen) atoms. The van der Waals surface area contributed by atoms with E-state index in [4.69, 9.17) is 139 Å². The van der Waals surface area contributed by atoms with Crippen LogP contribution in [0.3, 0.4) is 0 Å². The van der Waals surface area contributed by atoms with Crippen molar-refractivity contribution in [2.45, 2.75) is 0 Å². The third-order valence-corrected chi connectivity index (χ3v) is 14.4. The van der Waals surface area contributed by atoms with Crippen molar-refractivity contribution >= 4 is 175 Å². The first-order valence-corrected chi connectivity index (χ1v) is 32.6. The first-order valence-electron chi connectivity index (χ1n) is 28.1. The summed E-state index contributed by atoms with van der Waals surface area (Å²) in [4.78, 5) is 88.0. The fraction of sp³-hybridized carbons (Fsp3) is 0. The van der Waals surface area contributed by atoms with Crippen molar-refractivity contribution in [3.8, 4) is 45.6 Å². The fourth-order valence-corrected chi connectivity index (χ4v) is 10.7. The second-order valence-corrected chi connectivity index (χ2v) is 24.6. The summed E-state index contributed by atoms with van der Waals surface area (Å²) < 4.78 is 0. The molecule has 520 valence electrons. The largest absolute Gasteiger partial charge is 3.00 e. The van der Waals surface area contributed by atoms with Gasteiger partial charge in [-0.3, -0.25) is 19.9 Å². The Morgan fingerprint density at radius 3 is 0.452 bits per heavy atom. The summed E-state index contributed by atoms with van der Waals surface area (Å²) in [6.07, 6.45) is 7.07. The molecule has 0 aliphatic carbocycles. The van der Waals surface area contributed by atoms with Crippen LogP contribution in [-0.4, -0.2) is 65.7 Å². The molecule has 0 aliphatic rings. The van der Waals surface area contributed by atoms with Gasteiger partial charge in [0, 0.05) is 118 Å². The van der Waals surface area contributed by atoms with Gasteiger partial charge >= 0.3 is 71.2 Å². The summed E-state index contributed by atoms with van der Waals surface area (Å²) in [5.74, 6) is -7.70. The Morgan fingerprint density at radius 2 is 0.337 bits per heavy atom. The molecular formula is C72H40Cl12La2N6O12. The van der Waals surface area contributed by atoms with Crippen molar-refractivity contribution < 1.29 is 131 Å². The monoisotopic (exact) mass is 1880 g/mol. The van der Waals surface area contributed by atoms with Crippen LogP contribution < -0.4 is 30.6 Å². The van der Waals surface area contributed by atoms with Crippen molar-refractivity contribution in [3.05, 3.63) is 337 Å². The van der Waals surface area contributed by atoms with E-state index in [0.29, 0.717) is 0 Å². The number of rotatable bonds is 10. The topological polar surface area (TPSA) is 318 Å². The number of aromatic nitrogens is 6. The molecule has 12 aromatic rings. The molecule has 0 N–H and O–H groups in total.